The maximum absolute atomic E-state index is 12.5. The highest BCUT2D eigenvalue weighted by molar-refractivity contribution is 6.31. The predicted molar refractivity (Wildman–Crippen MR) is 133 cm³/mol. The summed E-state index contributed by atoms with van der Waals surface area (Å²) in [5.74, 6) is 2.45. The molecule has 1 aromatic carbocycles. The molecule has 0 bridgehead atoms. The Morgan fingerprint density at radius 3 is 2.56 bits per heavy atom. The van der Waals surface area contributed by atoms with Crippen molar-refractivity contribution in [3.05, 3.63) is 23.2 Å². The van der Waals surface area contributed by atoms with E-state index in [1.807, 2.05) is 18.2 Å². The molecule has 1 unspecified atom stereocenters. The van der Waals surface area contributed by atoms with Gasteiger partial charge in [-0.2, -0.15) is 0 Å². The van der Waals surface area contributed by atoms with E-state index in [1.54, 1.807) is 0 Å². The molecule has 2 saturated heterocycles. The predicted octanol–water partition coefficient (Wildman–Crippen LogP) is 5.95. The Labute approximate surface area is 197 Å². The Balaban J connectivity index is 1.56. The van der Waals surface area contributed by atoms with E-state index >= 15 is 0 Å². The van der Waals surface area contributed by atoms with E-state index in [0.717, 1.165) is 60.9 Å². The van der Waals surface area contributed by atoms with E-state index in [4.69, 9.17) is 16.6 Å². The molecule has 5 nitrogen and oxygen atoms in total. The number of aliphatic imine (C=N–C) groups is 1. The number of benzene rings is 1. The highest BCUT2D eigenvalue weighted by Crippen LogP contribution is 2.51. The third-order valence-corrected chi connectivity index (χ3v) is 8.01. The van der Waals surface area contributed by atoms with Gasteiger partial charge in [0.15, 0.2) is 0 Å². The summed E-state index contributed by atoms with van der Waals surface area (Å²) in [6.07, 6.45) is 5.77. The summed E-state index contributed by atoms with van der Waals surface area (Å²) in [5.41, 5.74) is 1.88. The van der Waals surface area contributed by atoms with Crippen LogP contribution in [-0.2, 0) is 4.79 Å². The minimum Gasteiger partial charge on any atom is -0.371 e. The molecule has 5 rings (SSSR count). The van der Waals surface area contributed by atoms with Crippen molar-refractivity contribution in [2.24, 2.45) is 22.2 Å². The molecule has 0 aromatic heterocycles. The first kappa shape index (κ1) is 22.1. The number of anilines is 2. The van der Waals surface area contributed by atoms with Crippen LogP contribution in [0.5, 0.6) is 0 Å². The van der Waals surface area contributed by atoms with Gasteiger partial charge in [0.1, 0.15) is 5.84 Å². The number of carbonyl (C=O) groups excluding carboxylic acids is 1. The summed E-state index contributed by atoms with van der Waals surface area (Å²) < 4.78 is 0. The first-order valence-corrected chi connectivity index (χ1v) is 12.6. The molecular formula is C26H37ClN4O. The lowest BCUT2D eigenvalue weighted by Crippen LogP contribution is -2.62. The number of piperidine rings is 1. The number of nitrogens with one attached hydrogen (secondary N) is 2. The molecule has 32 heavy (non-hydrogen) atoms. The maximum atomic E-state index is 12.5. The number of rotatable bonds is 2. The zero-order valence-electron chi connectivity index (χ0n) is 20.1. The minimum atomic E-state index is -0.241. The quantitative estimate of drug-likeness (QED) is 0.578. The van der Waals surface area contributed by atoms with E-state index in [-0.39, 0.29) is 16.5 Å². The van der Waals surface area contributed by atoms with Crippen LogP contribution < -0.4 is 10.6 Å². The minimum absolute atomic E-state index is 0.180. The number of nitrogens with zero attached hydrogens (tertiary/aromatic N) is 2. The van der Waals surface area contributed by atoms with Gasteiger partial charge in [-0.1, -0.05) is 32.4 Å². The molecule has 2 N–H and O–H groups in total. The maximum Gasteiger partial charge on any atom is 0.222 e. The number of halogens is 1. The highest BCUT2D eigenvalue weighted by Gasteiger charge is 2.56. The molecule has 0 radical (unpaired) electrons. The zero-order valence-corrected chi connectivity index (χ0v) is 20.9. The SMILES string of the molecule is CC(C)(C)CC(C)(C)N=C1Nc2ccc(Cl)cc2NC12C[C@H]1CCC(=O)N3CC[C@@H](C2)[C@@H]13. The van der Waals surface area contributed by atoms with Crippen molar-refractivity contribution < 1.29 is 4.79 Å². The third kappa shape index (κ3) is 3.91. The van der Waals surface area contributed by atoms with Gasteiger partial charge in [-0.05, 0) is 81.4 Å². The lowest BCUT2D eigenvalue weighted by atomic mass is 9.64. The van der Waals surface area contributed by atoms with Crippen molar-refractivity contribution in [2.75, 3.05) is 17.2 Å². The van der Waals surface area contributed by atoms with E-state index in [9.17, 15) is 4.79 Å². The molecule has 1 saturated carbocycles. The van der Waals surface area contributed by atoms with Crippen LogP contribution in [0.1, 0.15) is 73.1 Å². The van der Waals surface area contributed by atoms with Crippen LogP contribution in [0.15, 0.2) is 23.2 Å². The van der Waals surface area contributed by atoms with Gasteiger partial charge in [-0.15, -0.1) is 0 Å². The molecule has 1 spiro atoms. The number of fused-ring (bicyclic) bond motifs is 1. The molecule has 4 aliphatic rings. The Bertz CT molecular complexity index is 965. The second-order valence-electron chi connectivity index (χ2n) is 12.4. The van der Waals surface area contributed by atoms with Crippen LogP contribution in [0.2, 0.25) is 5.02 Å². The van der Waals surface area contributed by atoms with Gasteiger partial charge in [-0.3, -0.25) is 9.79 Å². The Kier molecular flexibility index (Phi) is 5.09. The highest BCUT2D eigenvalue weighted by atomic mass is 35.5. The second-order valence-corrected chi connectivity index (χ2v) is 12.8. The van der Waals surface area contributed by atoms with E-state index in [0.29, 0.717) is 30.2 Å². The molecule has 4 atom stereocenters. The van der Waals surface area contributed by atoms with Crippen molar-refractivity contribution in [3.63, 3.8) is 0 Å². The number of amides is 1. The monoisotopic (exact) mass is 456 g/mol. The molecular weight excluding hydrogens is 420 g/mol. The fourth-order valence-electron chi connectivity index (χ4n) is 7.22. The van der Waals surface area contributed by atoms with Crippen molar-refractivity contribution >= 4 is 34.7 Å². The molecule has 174 valence electrons. The second kappa shape index (κ2) is 7.38. The summed E-state index contributed by atoms with van der Waals surface area (Å²) in [7, 11) is 0. The Morgan fingerprint density at radius 1 is 1.12 bits per heavy atom. The van der Waals surface area contributed by atoms with E-state index < -0.39 is 0 Å². The van der Waals surface area contributed by atoms with Crippen LogP contribution in [0.3, 0.4) is 0 Å². The normalized spacial score (nSPS) is 33.1. The van der Waals surface area contributed by atoms with Gasteiger partial charge in [0, 0.05) is 24.0 Å². The third-order valence-electron chi connectivity index (χ3n) is 7.78. The first-order chi connectivity index (χ1) is 14.9. The summed E-state index contributed by atoms with van der Waals surface area (Å²) >= 11 is 6.37. The van der Waals surface area contributed by atoms with Crippen LogP contribution in [0.4, 0.5) is 11.4 Å². The number of carbonyl (C=O) groups is 1. The number of hydrogen-bond acceptors (Lipinski definition) is 3. The Hall–Kier alpha value is -1.75. The summed E-state index contributed by atoms with van der Waals surface area (Å²) in [4.78, 5) is 20.1. The molecule has 3 fully saturated rings. The van der Waals surface area contributed by atoms with Crippen molar-refractivity contribution in [1.29, 1.82) is 0 Å². The van der Waals surface area contributed by atoms with Crippen LogP contribution in [-0.4, -0.2) is 40.3 Å². The standard InChI is InChI=1S/C26H37ClN4O/c1-24(2,3)15-25(4,5)30-23-26(29-20-12-18(27)7-8-19(20)28-23)13-16-6-9-21(32)31-11-10-17(14-26)22(16)31/h7-8,12,16-17,22,29H,6,9-11,13-15H2,1-5H3,(H,28,30)/t16-,17+,22-,26?/m1/s1. The van der Waals surface area contributed by atoms with Gasteiger partial charge in [0.2, 0.25) is 5.91 Å². The zero-order chi connectivity index (χ0) is 22.9. The number of amidine groups is 1. The smallest absolute Gasteiger partial charge is 0.222 e. The number of hydrogen-bond donors (Lipinski definition) is 2. The topological polar surface area (TPSA) is 56.7 Å². The fourth-order valence-corrected chi connectivity index (χ4v) is 7.39. The lowest BCUT2D eigenvalue weighted by molar-refractivity contribution is -0.138. The van der Waals surface area contributed by atoms with E-state index in [1.165, 1.54) is 0 Å². The van der Waals surface area contributed by atoms with Crippen LogP contribution >= 0.6 is 11.6 Å². The molecule has 1 aromatic rings. The average Bonchev–Trinajstić information content (AvgIpc) is 3.08. The molecule has 3 aliphatic heterocycles. The summed E-state index contributed by atoms with van der Waals surface area (Å²) in [6, 6.07) is 6.42. The van der Waals surface area contributed by atoms with Gasteiger partial charge in [0.05, 0.1) is 22.5 Å². The van der Waals surface area contributed by atoms with Gasteiger partial charge in [-0.25, -0.2) is 0 Å². The molecule has 1 amide bonds. The first-order valence-electron chi connectivity index (χ1n) is 12.2. The molecule has 6 heteroatoms. The molecule has 3 heterocycles. The lowest BCUT2D eigenvalue weighted by Gasteiger charge is -2.53. The van der Waals surface area contributed by atoms with Crippen molar-refractivity contribution in [1.82, 2.24) is 4.90 Å². The van der Waals surface area contributed by atoms with Crippen LogP contribution in [0, 0.1) is 17.3 Å². The molecule has 1 aliphatic carbocycles. The van der Waals surface area contributed by atoms with E-state index in [2.05, 4.69) is 50.2 Å². The van der Waals surface area contributed by atoms with Gasteiger partial charge < -0.3 is 15.5 Å². The van der Waals surface area contributed by atoms with Gasteiger partial charge in [0.25, 0.3) is 0 Å². The Morgan fingerprint density at radius 2 is 1.84 bits per heavy atom. The average molecular weight is 457 g/mol. The fraction of sp³-hybridized carbons (Fsp3) is 0.692. The van der Waals surface area contributed by atoms with Crippen LogP contribution in [0.25, 0.3) is 0 Å². The summed E-state index contributed by atoms with van der Waals surface area (Å²) in [5, 5.41) is 8.41. The van der Waals surface area contributed by atoms with Gasteiger partial charge >= 0.3 is 0 Å². The van der Waals surface area contributed by atoms with Crippen molar-refractivity contribution in [3.8, 4) is 0 Å². The van der Waals surface area contributed by atoms with Crippen molar-refractivity contribution in [2.45, 2.75) is 90.3 Å². The largest absolute Gasteiger partial charge is 0.371 e. The summed E-state index contributed by atoms with van der Waals surface area (Å²) in [6.45, 7) is 12.3.